The molecule has 1 unspecified atom stereocenters. The second-order valence-electron chi connectivity index (χ2n) is 7.21. The SMILES string of the molecule is CCNC(=NCc1ccc(Oc2ccccc2OCC)nc1)N1CCC(COC)C1.I. The van der Waals surface area contributed by atoms with E-state index in [1.165, 1.54) is 0 Å². The first-order chi connectivity index (χ1) is 14.7. The van der Waals surface area contributed by atoms with E-state index in [1.807, 2.05) is 49.5 Å². The molecule has 1 aromatic carbocycles. The first kappa shape index (κ1) is 25.2. The van der Waals surface area contributed by atoms with Gasteiger partial charge in [-0.15, -0.1) is 24.0 Å². The number of aliphatic imine (C=N–C) groups is 1. The van der Waals surface area contributed by atoms with E-state index in [1.54, 1.807) is 7.11 Å². The predicted octanol–water partition coefficient (Wildman–Crippen LogP) is 4.32. The number of para-hydroxylation sites is 2. The van der Waals surface area contributed by atoms with E-state index < -0.39 is 0 Å². The number of ether oxygens (including phenoxy) is 3. The van der Waals surface area contributed by atoms with Gasteiger partial charge in [0.15, 0.2) is 17.5 Å². The highest BCUT2D eigenvalue weighted by atomic mass is 127. The first-order valence-electron chi connectivity index (χ1n) is 10.6. The second kappa shape index (κ2) is 13.4. The molecule has 8 heteroatoms. The Morgan fingerprint density at radius 2 is 2.00 bits per heavy atom. The van der Waals surface area contributed by atoms with E-state index in [4.69, 9.17) is 19.2 Å². The van der Waals surface area contributed by atoms with Gasteiger partial charge in [0.05, 0.1) is 19.8 Å². The Hall–Kier alpha value is -2.07. The van der Waals surface area contributed by atoms with Crippen LogP contribution >= 0.6 is 24.0 Å². The minimum absolute atomic E-state index is 0. The monoisotopic (exact) mass is 540 g/mol. The van der Waals surface area contributed by atoms with E-state index in [9.17, 15) is 0 Å². The molecule has 7 nitrogen and oxygen atoms in total. The van der Waals surface area contributed by atoms with Crippen molar-refractivity contribution in [1.29, 1.82) is 0 Å². The molecule has 1 saturated heterocycles. The molecule has 0 amide bonds. The summed E-state index contributed by atoms with van der Waals surface area (Å²) < 4.78 is 16.8. The molecule has 1 aliphatic heterocycles. The van der Waals surface area contributed by atoms with Gasteiger partial charge in [-0.05, 0) is 38.0 Å². The molecule has 2 heterocycles. The summed E-state index contributed by atoms with van der Waals surface area (Å²) in [6.45, 7) is 8.81. The molecule has 0 aliphatic carbocycles. The van der Waals surface area contributed by atoms with Crippen molar-refractivity contribution in [2.45, 2.75) is 26.8 Å². The maximum Gasteiger partial charge on any atom is 0.219 e. The zero-order valence-electron chi connectivity index (χ0n) is 18.5. The molecular weight excluding hydrogens is 507 g/mol. The average molecular weight is 540 g/mol. The van der Waals surface area contributed by atoms with E-state index in [0.717, 1.165) is 44.2 Å². The van der Waals surface area contributed by atoms with Crippen LogP contribution in [0.2, 0.25) is 0 Å². The van der Waals surface area contributed by atoms with Crippen LogP contribution in [0, 0.1) is 5.92 Å². The lowest BCUT2D eigenvalue weighted by Crippen LogP contribution is -2.40. The van der Waals surface area contributed by atoms with Crippen LogP contribution in [0.4, 0.5) is 0 Å². The minimum atomic E-state index is 0. The van der Waals surface area contributed by atoms with Gasteiger partial charge in [0, 0.05) is 44.9 Å². The van der Waals surface area contributed by atoms with Gasteiger partial charge < -0.3 is 24.4 Å². The van der Waals surface area contributed by atoms with Crippen LogP contribution in [0.25, 0.3) is 0 Å². The number of pyridine rings is 1. The van der Waals surface area contributed by atoms with E-state index in [-0.39, 0.29) is 24.0 Å². The highest BCUT2D eigenvalue weighted by Gasteiger charge is 2.24. The van der Waals surface area contributed by atoms with Crippen molar-refractivity contribution in [3.63, 3.8) is 0 Å². The van der Waals surface area contributed by atoms with Crippen LogP contribution in [0.3, 0.4) is 0 Å². The van der Waals surface area contributed by atoms with Gasteiger partial charge in [-0.1, -0.05) is 18.2 Å². The topological polar surface area (TPSA) is 68.2 Å². The Balaban J connectivity index is 0.00000341. The molecule has 0 bridgehead atoms. The summed E-state index contributed by atoms with van der Waals surface area (Å²) >= 11 is 0. The molecule has 1 aliphatic rings. The van der Waals surface area contributed by atoms with Crippen LogP contribution < -0.4 is 14.8 Å². The summed E-state index contributed by atoms with van der Waals surface area (Å²) in [6.07, 6.45) is 2.94. The van der Waals surface area contributed by atoms with E-state index >= 15 is 0 Å². The van der Waals surface area contributed by atoms with Gasteiger partial charge >= 0.3 is 0 Å². The highest BCUT2D eigenvalue weighted by Crippen LogP contribution is 2.30. The van der Waals surface area contributed by atoms with Crippen molar-refractivity contribution in [2.24, 2.45) is 10.9 Å². The average Bonchev–Trinajstić information content (AvgIpc) is 3.22. The quantitative estimate of drug-likeness (QED) is 0.290. The van der Waals surface area contributed by atoms with Gasteiger partial charge in [-0.3, -0.25) is 0 Å². The zero-order chi connectivity index (χ0) is 21.2. The van der Waals surface area contributed by atoms with Gasteiger partial charge in [0.25, 0.3) is 0 Å². The Morgan fingerprint density at radius 1 is 1.19 bits per heavy atom. The van der Waals surface area contributed by atoms with Crippen molar-refractivity contribution in [3.05, 3.63) is 48.2 Å². The van der Waals surface area contributed by atoms with E-state index in [0.29, 0.717) is 36.4 Å². The molecule has 3 rings (SSSR count). The van der Waals surface area contributed by atoms with Gasteiger partial charge in [-0.25, -0.2) is 9.98 Å². The Labute approximate surface area is 202 Å². The third kappa shape index (κ3) is 7.53. The lowest BCUT2D eigenvalue weighted by Gasteiger charge is -2.21. The Kier molecular flexibility index (Phi) is 10.9. The smallest absolute Gasteiger partial charge is 0.219 e. The third-order valence-electron chi connectivity index (χ3n) is 4.90. The van der Waals surface area contributed by atoms with Crippen molar-refractivity contribution in [3.8, 4) is 17.4 Å². The molecule has 170 valence electrons. The molecule has 1 fully saturated rings. The molecular formula is C23H33IN4O3. The molecule has 1 aromatic heterocycles. The van der Waals surface area contributed by atoms with Crippen LogP contribution in [0.15, 0.2) is 47.6 Å². The lowest BCUT2D eigenvalue weighted by atomic mass is 10.1. The fourth-order valence-electron chi connectivity index (χ4n) is 3.48. The summed E-state index contributed by atoms with van der Waals surface area (Å²) in [5, 5.41) is 3.40. The van der Waals surface area contributed by atoms with Crippen molar-refractivity contribution in [1.82, 2.24) is 15.2 Å². The van der Waals surface area contributed by atoms with Crippen molar-refractivity contribution in [2.75, 3.05) is 40.0 Å². The number of hydrogen-bond acceptors (Lipinski definition) is 5. The summed E-state index contributed by atoms with van der Waals surface area (Å²) in [4.78, 5) is 11.5. The van der Waals surface area contributed by atoms with Crippen LogP contribution in [-0.4, -0.2) is 55.8 Å². The number of nitrogens with one attached hydrogen (secondary N) is 1. The number of rotatable bonds is 9. The maximum atomic E-state index is 5.89. The Bertz CT molecular complexity index is 817. The zero-order valence-corrected chi connectivity index (χ0v) is 20.9. The lowest BCUT2D eigenvalue weighted by molar-refractivity contribution is 0.157. The largest absolute Gasteiger partial charge is 0.490 e. The summed E-state index contributed by atoms with van der Waals surface area (Å²) in [6, 6.07) is 11.5. The van der Waals surface area contributed by atoms with Gasteiger partial charge in [0.2, 0.25) is 5.88 Å². The number of likely N-dealkylation sites (tertiary alicyclic amines) is 1. The molecule has 1 atom stereocenters. The van der Waals surface area contributed by atoms with Crippen molar-refractivity contribution < 1.29 is 14.2 Å². The normalized spacial score (nSPS) is 16.0. The molecule has 0 radical (unpaired) electrons. The van der Waals surface area contributed by atoms with Crippen molar-refractivity contribution >= 4 is 29.9 Å². The molecule has 0 spiro atoms. The summed E-state index contributed by atoms with van der Waals surface area (Å²) in [5.41, 5.74) is 1.03. The molecule has 0 saturated carbocycles. The van der Waals surface area contributed by atoms with Crippen LogP contribution in [0.1, 0.15) is 25.8 Å². The third-order valence-corrected chi connectivity index (χ3v) is 4.90. The van der Waals surface area contributed by atoms with Gasteiger partial charge in [0.1, 0.15) is 0 Å². The standard InChI is InChI=1S/C23H32N4O3.HI/c1-4-24-23(27-13-12-19(16-27)17-28-3)26-15-18-10-11-22(25-14-18)30-21-9-7-6-8-20(21)29-5-2;/h6-11,14,19H,4-5,12-13,15-17H2,1-3H3,(H,24,26);1H. The number of guanidine groups is 1. The minimum Gasteiger partial charge on any atom is -0.490 e. The number of halogens is 1. The fraction of sp³-hybridized carbons (Fsp3) is 0.478. The fourth-order valence-corrected chi connectivity index (χ4v) is 3.48. The number of aromatic nitrogens is 1. The second-order valence-corrected chi connectivity index (χ2v) is 7.21. The number of nitrogens with zero attached hydrogens (tertiary/aromatic N) is 3. The molecule has 31 heavy (non-hydrogen) atoms. The van der Waals surface area contributed by atoms with Crippen LogP contribution in [0.5, 0.6) is 17.4 Å². The first-order valence-corrected chi connectivity index (χ1v) is 10.6. The summed E-state index contributed by atoms with van der Waals surface area (Å²) in [5.74, 6) is 3.41. The number of hydrogen-bond donors (Lipinski definition) is 1. The number of methoxy groups -OCH3 is 1. The maximum absolute atomic E-state index is 5.89. The Morgan fingerprint density at radius 3 is 2.68 bits per heavy atom. The number of benzene rings is 1. The predicted molar refractivity (Wildman–Crippen MR) is 134 cm³/mol. The summed E-state index contributed by atoms with van der Waals surface area (Å²) in [7, 11) is 1.76. The molecule has 1 N–H and O–H groups in total. The molecule has 2 aromatic rings. The highest BCUT2D eigenvalue weighted by molar-refractivity contribution is 14.0. The van der Waals surface area contributed by atoms with Crippen LogP contribution in [-0.2, 0) is 11.3 Å². The van der Waals surface area contributed by atoms with E-state index in [2.05, 4.69) is 22.1 Å². The van der Waals surface area contributed by atoms with Gasteiger partial charge in [-0.2, -0.15) is 0 Å².